The van der Waals surface area contributed by atoms with Gasteiger partial charge in [0.2, 0.25) is 0 Å². The maximum Gasteiger partial charge on any atom is -0.0131 e. The molecule has 0 radical (unpaired) electrons. The Morgan fingerprint density at radius 3 is 2.36 bits per heavy atom. The van der Waals surface area contributed by atoms with Crippen LogP contribution in [-0.4, -0.2) is 0 Å². The van der Waals surface area contributed by atoms with Gasteiger partial charge in [-0.15, -0.1) is 5.73 Å². The lowest BCUT2D eigenvalue weighted by atomic mass is 10.1. The summed E-state index contributed by atoms with van der Waals surface area (Å²) in [7, 11) is 0. The first-order valence-corrected chi connectivity index (χ1v) is 3.76. The van der Waals surface area contributed by atoms with Crippen molar-refractivity contribution >= 4 is 6.08 Å². The number of rotatable bonds is 1. The molecule has 0 bridgehead atoms. The third-order valence-electron chi connectivity index (χ3n) is 1.49. The van der Waals surface area contributed by atoms with Crippen LogP contribution in [0.1, 0.15) is 18.1 Å². The van der Waals surface area contributed by atoms with E-state index in [9.17, 15) is 0 Å². The molecule has 0 heterocycles. The molecule has 0 spiro atoms. The van der Waals surface area contributed by atoms with Gasteiger partial charge in [-0.05, 0) is 31.6 Å². The Morgan fingerprint density at radius 1 is 1.18 bits per heavy atom. The first-order chi connectivity index (χ1) is 5.33. The third-order valence-corrected chi connectivity index (χ3v) is 1.49. The van der Waals surface area contributed by atoms with Gasteiger partial charge in [0.15, 0.2) is 0 Å². The van der Waals surface area contributed by atoms with Gasteiger partial charge >= 0.3 is 0 Å². The van der Waals surface area contributed by atoms with Gasteiger partial charge in [-0.1, -0.05) is 29.8 Å². The second-order valence-corrected chi connectivity index (χ2v) is 2.51. The lowest BCUT2D eigenvalue weighted by Gasteiger charge is -1.91. The predicted molar refractivity (Wildman–Crippen MR) is 49.4 cm³/mol. The topological polar surface area (TPSA) is 0 Å². The van der Waals surface area contributed by atoms with E-state index in [0.717, 1.165) is 0 Å². The van der Waals surface area contributed by atoms with Crippen molar-refractivity contribution in [2.45, 2.75) is 13.8 Å². The van der Waals surface area contributed by atoms with Gasteiger partial charge in [0, 0.05) is 0 Å². The van der Waals surface area contributed by atoms with Gasteiger partial charge < -0.3 is 0 Å². The molecule has 0 aliphatic carbocycles. The van der Waals surface area contributed by atoms with Crippen molar-refractivity contribution in [1.29, 1.82) is 0 Å². The number of allylic oxidation sites excluding steroid dienone is 1. The Labute approximate surface area is 67.9 Å². The average Bonchev–Trinajstić information content (AvgIpc) is 2.04. The smallest absolute Gasteiger partial charge is 0.0131 e. The van der Waals surface area contributed by atoms with Crippen LogP contribution in [0.5, 0.6) is 0 Å². The van der Waals surface area contributed by atoms with Crippen LogP contribution in [0.4, 0.5) is 0 Å². The van der Waals surface area contributed by atoms with Crippen LogP contribution in [0, 0.1) is 6.92 Å². The van der Waals surface area contributed by atoms with Crippen molar-refractivity contribution in [2.24, 2.45) is 0 Å². The number of hydrogen-bond acceptors (Lipinski definition) is 0. The van der Waals surface area contributed by atoms with E-state index in [4.69, 9.17) is 0 Å². The number of benzene rings is 1. The van der Waals surface area contributed by atoms with Crippen molar-refractivity contribution in [1.82, 2.24) is 0 Å². The first-order valence-electron chi connectivity index (χ1n) is 3.76. The summed E-state index contributed by atoms with van der Waals surface area (Å²) in [6.07, 6.45) is 3.87. The van der Waals surface area contributed by atoms with Crippen molar-refractivity contribution in [2.75, 3.05) is 0 Å². The lowest BCUT2D eigenvalue weighted by molar-refractivity contribution is 1.46. The van der Waals surface area contributed by atoms with Crippen LogP contribution < -0.4 is 0 Å². The summed E-state index contributed by atoms with van der Waals surface area (Å²) < 4.78 is 0. The SMILES string of the molecule is CC=C=Cc1ccc(C)cc1. The molecule has 0 amide bonds. The zero-order valence-corrected chi connectivity index (χ0v) is 6.96. The summed E-state index contributed by atoms with van der Waals surface area (Å²) in [4.78, 5) is 0. The van der Waals surface area contributed by atoms with Crippen molar-refractivity contribution < 1.29 is 0 Å². The molecular weight excluding hydrogens is 132 g/mol. The van der Waals surface area contributed by atoms with E-state index in [1.165, 1.54) is 11.1 Å². The number of hydrogen-bond donors (Lipinski definition) is 0. The molecule has 11 heavy (non-hydrogen) atoms. The van der Waals surface area contributed by atoms with Crippen molar-refractivity contribution in [3.63, 3.8) is 0 Å². The maximum atomic E-state index is 3.03. The second kappa shape index (κ2) is 3.80. The summed E-state index contributed by atoms with van der Waals surface area (Å²) in [5.41, 5.74) is 5.53. The molecule has 1 aromatic rings. The fourth-order valence-electron chi connectivity index (χ4n) is 0.842. The summed E-state index contributed by atoms with van der Waals surface area (Å²) in [6.45, 7) is 4.05. The molecule has 56 valence electrons. The first kappa shape index (κ1) is 7.84. The summed E-state index contributed by atoms with van der Waals surface area (Å²) in [5.74, 6) is 0. The fraction of sp³-hybridized carbons (Fsp3) is 0.182. The van der Waals surface area contributed by atoms with Crippen LogP contribution in [0.15, 0.2) is 36.1 Å². The lowest BCUT2D eigenvalue weighted by Crippen LogP contribution is -1.71. The van der Waals surface area contributed by atoms with E-state index < -0.39 is 0 Å². The summed E-state index contributed by atoms with van der Waals surface area (Å²) in [5, 5.41) is 0. The zero-order chi connectivity index (χ0) is 8.10. The van der Waals surface area contributed by atoms with Crippen LogP contribution in [-0.2, 0) is 0 Å². The zero-order valence-electron chi connectivity index (χ0n) is 6.96. The fourth-order valence-corrected chi connectivity index (χ4v) is 0.842. The molecule has 0 aromatic heterocycles. The van der Waals surface area contributed by atoms with E-state index in [-0.39, 0.29) is 0 Å². The van der Waals surface area contributed by atoms with Gasteiger partial charge in [-0.2, -0.15) is 0 Å². The highest BCUT2D eigenvalue weighted by molar-refractivity contribution is 5.48. The largest absolute Gasteiger partial charge is 0.125 e. The Bertz CT molecular complexity index is 271. The molecule has 0 aliphatic heterocycles. The van der Waals surface area contributed by atoms with Gasteiger partial charge in [-0.3, -0.25) is 0 Å². The van der Waals surface area contributed by atoms with Crippen LogP contribution >= 0.6 is 0 Å². The van der Waals surface area contributed by atoms with Gasteiger partial charge in [-0.25, -0.2) is 0 Å². The highest BCUT2D eigenvalue weighted by atomic mass is 13.9. The van der Waals surface area contributed by atoms with Gasteiger partial charge in [0.05, 0.1) is 0 Å². The summed E-state index contributed by atoms with van der Waals surface area (Å²) >= 11 is 0. The van der Waals surface area contributed by atoms with Gasteiger partial charge in [0.25, 0.3) is 0 Å². The second-order valence-electron chi connectivity index (χ2n) is 2.51. The monoisotopic (exact) mass is 144 g/mol. The molecule has 0 atom stereocenters. The molecule has 0 aliphatic rings. The molecule has 1 aromatic carbocycles. The van der Waals surface area contributed by atoms with Gasteiger partial charge in [0.1, 0.15) is 0 Å². The van der Waals surface area contributed by atoms with E-state index in [0.29, 0.717) is 0 Å². The standard InChI is InChI=1S/C11H12/c1-3-4-5-11-8-6-10(2)7-9-11/h3,5-9H,1-2H3. The molecule has 0 saturated carbocycles. The Hall–Kier alpha value is -1.26. The minimum atomic E-state index is 1.20. The minimum absolute atomic E-state index is 1.20. The van der Waals surface area contributed by atoms with E-state index in [1.807, 2.05) is 19.1 Å². The molecule has 0 N–H and O–H groups in total. The molecular formula is C11H12. The molecule has 0 saturated heterocycles. The van der Waals surface area contributed by atoms with E-state index >= 15 is 0 Å². The normalized spacial score (nSPS) is 8.55. The molecule has 0 fully saturated rings. The molecule has 0 unspecified atom stereocenters. The van der Waals surface area contributed by atoms with Crippen LogP contribution in [0.25, 0.3) is 6.08 Å². The minimum Gasteiger partial charge on any atom is -0.125 e. The Balaban J connectivity index is 2.90. The van der Waals surface area contributed by atoms with Crippen LogP contribution in [0.2, 0.25) is 0 Å². The average molecular weight is 144 g/mol. The molecule has 0 heteroatoms. The Kier molecular flexibility index (Phi) is 2.71. The highest BCUT2D eigenvalue weighted by Crippen LogP contribution is 2.03. The third kappa shape index (κ3) is 2.45. The Morgan fingerprint density at radius 2 is 1.82 bits per heavy atom. The maximum absolute atomic E-state index is 3.03. The molecule has 0 nitrogen and oxygen atoms in total. The summed E-state index contributed by atoms with van der Waals surface area (Å²) in [6, 6.07) is 8.38. The van der Waals surface area contributed by atoms with E-state index in [2.05, 4.69) is 36.9 Å². The van der Waals surface area contributed by atoms with Crippen molar-refractivity contribution in [3.8, 4) is 0 Å². The molecule has 1 rings (SSSR count). The number of aryl methyl sites for hydroxylation is 1. The van der Waals surface area contributed by atoms with Crippen LogP contribution in [0.3, 0.4) is 0 Å². The predicted octanol–water partition coefficient (Wildman–Crippen LogP) is 3.18. The van der Waals surface area contributed by atoms with Crippen molar-refractivity contribution in [3.05, 3.63) is 47.2 Å². The highest BCUT2D eigenvalue weighted by Gasteiger charge is 1.83. The quantitative estimate of drug-likeness (QED) is 0.531. The van der Waals surface area contributed by atoms with E-state index in [1.54, 1.807) is 0 Å².